The van der Waals surface area contributed by atoms with Gasteiger partial charge in [-0.2, -0.15) is 0 Å². The molecule has 0 fully saturated rings. The van der Waals surface area contributed by atoms with E-state index in [0.29, 0.717) is 32.9 Å². The van der Waals surface area contributed by atoms with Crippen LogP contribution in [0.2, 0.25) is 10.0 Å². The summed E-state index contributed by atoms with van der Waals surface area (Å²) in [5.74, 6) is -0.201. The Bertz CT molecular complexity index is 1140. The SMILES string of the molecule is O=C(Nc1ccc(-c2nc3cnccc3o2)c(O)c1)c1ccc(Cl)c(Cl)c1. The average Bonchev–Trinajstić information content (AvgIpc) is 3.07. The van der Waals surface area contributed by atoms with Gasteiger partial charge >= 0.3 is 0 Å². The zero-order valence-corrected chi connectivity index (χ0v) is 15.1. The van der Waals surface area contributed by atoms with Crippen LogP contribution in [0.1, 0.15) is 10.4 Å². The molecular formula is C19H11Cl2N3O3. The fourth-order valence-corrected chi connectivity index (χ4v) is 2.82. The molecule has 4 rings (SSSR count). The smallest absolute Gasteiger partial charge is 0.255 e. The highest BCUT2D eigenvalue weighted by Gasteiger charge is 2.14. The van der Waals surface area contributed by atoms with Crippen LogP contribution in [0, 0.1) is 0 Å². The summed E-state index contributed by atoms with van der Waals surface area (Å²) < 4.78 is 5.62. The molecule has 0 radical (unpaired) electrons. The minimum absolute atomic E-state index is 0.0820. The van der Waals surface area contributed by atoms with Crippen LogP contribution in [0.25, 0.3) is 22.6 Å². The van der Waals surface area contributed by atoms with Crippen LogP contribution in [0.4, 0.5) is 5.69 Å². The van der Waals surface area contributed by atoms with Gasteiger partial charge in [-0.05, 0) is 30.3 Å². The zero-order valence-electron chi connectivity index (χ0n) is 13.6. The number of aromatic hydroxyl groups is 1. The number of amides is 1. The molecule has 0 spiro atoms. The van der Waals surface area contributed by atoms with Crippen LogP contribution in [0.3, 0.4) is 0 Å². The van der Waals surface area contributed by atoms with E-state index in [1.165, 1.54) is 12.1 Å². The predicted octanol–water partition coefficient (Wildman–Crippen LogP) is 5.15. The second kappa shape index (κ2) is 6.90. The summed E-state index contributed by atoms with van der Waals surface area (Å²) in [7, 11) is 0. The summed E-state index contributed by atoms with van der Waals surface area (Å²) in [5.41, 5.74) is 2.31. The van der Waals surface area contributed by atoms with Crippen molar-refractivity contribution < 1.29 is 14.3 Å². The molecule has 27 heavy (non-hydrogen) atoms. The van der Waals surface area contributed by atoms with Gasteiger partial charge in [0.05, 0.1) is 21.8 Å². The number of benzene rings is 2. The average molecular weight is 400 g/mol. The zero-order chi connectivity index (χ0) is 19.0. The molecule has 0 unspecified atom stereocenters. The fraction of sp³-hybridized carbons (Fsp3) is 0. The summed E-state index contributed by atoms with van der Waals surface area (Å²) in [4.78, 5) is 20.6. The van der Waals surface area contributed by atoms with E-state index >= 15 is 0 Å². The molecular weight excluding hydrogens is 389 g/mol. The second-order valence-electron chi connectivity index (χ2n) is 5.68. The van der Waals surface area contributed by atoms with Crippen LogP contribution in [0.5, 0.6) is 5.75 Å². The van der Waals surface area contributed by atoms with Gasteiger partial charge in [0.25, 0.3) is 5.91 Å². The number of phenolic OH excluding ortho intramolecular Hbond substituents is 1. The van der Waals surface area contributed by atoms with Crippen LogP contribution in [-0.4, -0.2) is 21.0 Å². The number of carbonyl (C=O) groups excluding carboxylic acids is 1. The van der Waals surface area contributed by atoms with Gasteiger partial charge in [-0.1, -0.05) is 23.2 Å². The van der Waals surface area contributed by atoms with Crippen molar-refractivity contribution in [2.24, 2.45) is 0 Å². The lowest BCUT2D eigenvalue weighted by molar-refractivity contribution is 0.102. The van der Waals surface area contributed by atoms with Crippen LogP contribution in [-0.2, 0) is 0 Å². The van der Waals surface area contributed by atoms with Crippen LogP contribution >= 0.6 is 23.2 Å². The van der Waals surface area contributed by atoms with E-state index in [9.17, 15) is 9.90 Å². The van der Waals surface area contributed by atoms with Gasteiger partial charge in [0.1, 0.15) is 11.3 Å². The standard InChI is InChI=1S/C19H11Cl2N3O3/c20-13-4-1-10(7-14(13)21)18(26)23-11-2-3-12(16(25)8-11)19-24-15-9-22-6-5-17(15)27-19/h1-9,25H,(H,23,26). The number of aromatic nitrogens is 2. The maximum Gasteiger partial charge on any atom is 0.255 e. The highest BCUT2D eigenvalue weighted by Crippen LogP contribution is 2.33. The molecule has 0 saturated carbocycles. The molecule has 2 aromatic heterocycles. The molecule has 134 valence electrons. The number of nitrogens with one attached hydrogen (secondary N) is 1. The van der Waals surface area contributed by atoms with Gasteiger partial charge in [0.2, 0.25) is 5.89 Å². The normalized spacial score (nSPS) is 10.9. The molecule has 1 amide bonds. The first-order chi connectivity index (χ1) is 13.0. The van der Waals surface area contributed by atoms with Gasteiger partial charge in [0, 0.05) is 29.6 Å². The molecule has 2 aromatic carbocycles. The fourth-order valence-electron chi connectivity index (χ4n) is 2.53. The van der Waals surface area contributed by atoms with Gasteiger partial charge in [-0.25, -0.2) is 4.98 Å². The van der Waals surface area contributed by atoms with Gasteiger partial charge in [-0.3, -0.25) is 9.78 Å². The third kappa shape index (κ3) is 3.45. The number of pyridine rings is 1. The molecule has 2 N–H and O–H groups in total. The van der Waals surface area contributed by atoms with Crippen molar-refractivity contribution in [1.29, 1.82) is 0 Å². The Labute approximate surface area is 163 Å². The van der Waals surface area contributed by atoms with Crippen molar-refractivity contribution in [3.8, 4) is 17.2 Å². The maximum atomic E-state index is 12.3. The van der Waals surface area contributed by atoms with E-state index in [2.05, 4.69) is 15.3 Å². The first-order valence-corrected chi connectivity index (χ1v) is 8.57. The van der Waals surface area contributed by atoms with E-state index in [4.69, 9.17) is 27.6 Å². The number of hydrogen-bond acceptors (Lipinski definition) is 5. The third-order valence-electron chi connectivity index (χ3n) is 3.86. The lowest BCUT2D eigenvalue weighted by atomic mass is 10.1. The minimum atomic E-state index is -0.381. The van der Waals surface area contributed by atoms with Crippen molar-refractivity contribution in [3.63, 3.8) is 0 Å². The quantitative estimate of drug-likeness (QED) is 0.496. The molecule has 0 saturated heterocycles. The summed E-state index contributed by atoms with van der Waals surface area (Å²) in [6.45, 7) is 0. The third-order valence-corrected chi connectivity index (χ3v) is 4.60. The van der Waals surface area contributed by atoms with E-state index < -0.39 is 0 Å². The largest absolute Gasteiger partial charge is 0.507 e. The van der Waals surface area contributed by atoms with Crippen molar-refractivity contribution >= 4 is 45.9 Å². The highest BCUT2D eigenvalue weighted by atomic mass is 35.5. The number of phenols is 1. The van der Waals surface area contributed by atoms with Gasteiger partial charge < -0.3 is 14.8 Å². The van der Waals surface area contributed by atoms with Crippen molar-refractivity contribution in [3.05, 3.63) is 70.5 Å². The molecule has 0 bridgehead atoms. The van der Waals surface area contributed by atoms with Crippen molar-refractivity contribution in [2.45, 2.75) is 0 Å². The topological polar surface area (TPSA) is 88.3 Å². The minimum Gasteiger partial charge on any atom is -0.507 e. The van der Waals surface area contributed by atoms with Crippen molar-refractivity contribution in [1.82, 2.24) is 9.97 Å². The Morgan fingerprint density at radius 3 is 2.67 bits per heavy atom. The summed E-state index contributed by atoms with van der Waals surface area (Å²) >= 11 is 11.8. The molecule has 8 heteroatoms. The number of halogens is 2. The number of anilines is 1. The van der Waals surface area contributed by atoms with Crippen molar-refractivity contribution in [2.75, 3.05) is 5.32 Å². The van der Waals surface area contributed by atoms with E-state index in [-0.39, 0.29) is 22.6 Å². The Balaban J connectivity index is 1.59. The molecule has 2 heterocycles. The summed E-state index contributed by atoms with van der Waals surface area (Å²) in [6.07, 6.45) is 3.17. The molecule has 0 aliphatic carbocycles. The molecule has 6 nitrogen and oxygen atoms in total. The van der Waals surface area contributed by atoms with Gasteiger partial charge in [0.15, 0.2) is 5.58 Å². The molecule has 4 aromatic rings. The van der Waals surface area contributed by atoms with E-state index in [1.807, 2.05) is 0 Å². The number of fused-ring (bicyclic) bond motifs is 1. The van der Waals surface area contributed by atoms with Crippen LogP contribution in [0.15, 0.2) is 59.3 Å². The van der Waals surface area contributed by atoms with E-state index in [1.54, 1.807) is 42.7 Å². The monoisotopic (exact) mass is 399 g/mol. The molecule has 0 atom stereocenters. The maximum absolute atomic E-state index is 12.3. The van der Waals surface area contributed by atoms with Gasteiger partial charge in [-0.15, -0.1) is 0 Å². The van der Waals surface area contributed by atoms with Crippen LogP contribution < -0.4 is 5.32 Å². The highest BCUT2D eigenvalue weighted by molar-refractivity contribution is 6.42. The Morgan fingerprint density at radius 1 is 1.07 bits per heavy atom. The number of nitrogens with zero attached hydrogens (tertiary/aromatic N) is 2. The number of hydrogen-bond donors (Lipinski definition) is 2. The number of carbonyl (C=O) groups is 1. The summed E-state index contributed by atoms with van der Waals surface area (Å²) in [6, 6.07) is 10.9. The Kier molecular flexibility index (Phi) is 4.43. The number of oxazole rings is 1. The lowest BCUT2D eigenvalue weighted by Crippen LogP contribution is -2.11. The Hall–Kier alpha value is -3.09. The Morgan fingerprint density at radius 2 is 1.93 bits per heavy atom. The predicted molar refractivity (Wildman–Crippen MR) is 103 cm³/mol. The molecule has 0 aliphatic heterocycles. The van der Waals surface area contributed by atoms with E-state index in [0.717, 1.165) is 0 Å². The second-order valence-corrected chi connectivity index (χ2v) is 6.49. The first-order valence-electron chi connectivity index (χ1n) is 7.81. The lowest BCUT2D eigenvalue weighted by Gasteiger charge is -2.08. The molecule has 0 aliphatic rings. The number of rotatable bonds is 3. The first kappa shape index (κ1) is 17.3. The summed E-state index contributed by atoms with van der Waals surface area (Å²) in [5, 5.41) is 13.7.